The minimum atomic E-state index is -0.412. The van der Waals surface area contributed by atoms with Crippen molar-refractivity contribution in [3.63, 3.8) is 0 Å². The number of amides is 2. The van der Waals surface area contributed by atoms with Crippen LogP contribution >= 0.6 is 22.9 Å². The number of benzene rings is 2. The van der Waals surface area contributed by atoms with Crippen LogP contribution in [0.2, 0.25) is 5.02 Å². The predicted molar refractivity (Wildman–Crippen MR) is 129 cm³/mol. The third kappa shape index (κ3) is 3.67. The molecule has 3 heterocycles. The number of rotatable bonds is 3. The van der Waals surface area contributed by atoms with E-state index in [2.05, 4.69) is 4.90 Å². The van der Waals surface area contributed by atoms with Crippen LogP contribution in [0.25, 0.3) is 0 Å². The molecule has 164 valence electrons. The molecule has 2 aromatic carbocycles. The van der Waals surface area contributed by atoms with Crippen molar-refractivity contribution >= 4 is 40.4 Å². The zero-order valence-corrected chi connectivity index (χ0v) is 19.4. The molecule has 2 unspecified atom stereocenters. The van der Waals surface area contributed by atoms with Crippen LogP contribution in [0.4, 0.5) is 5.69 Å². The third-order valence-corrected chi connectivity index (χ3v) is 7.62. The fraction of sp³-hybridized carbons (Fsp3) is 0.280. The van der Waals surface area contributed by atoms with Crippen molar-refractivity contribution in [3.8, 4) is 0 Å². The molecular weight excluding hydrogens is 442 g/mol. The van der Waals surface area contributed by atoms with Gasteiger partial charge >= 0.3 is 0 Å². The molecule has 0 aliphatic carbocycles. The molecule has 0 saturated carbocycles. The summed E-state index contributed by atoms with van der Waals surface area (Å²) in [5.41, 5.74) is 2.53. The molecule has 2 atom stereocenters. The maximum Gasteiger partial charge on any atom is 0.254 e. The number of carbonyl (C=O) groups is 2. The monoisotopic (exact) mass is 465 g/mol. The van der Waals surface area contributed by atoms with Gasteiger partial charge in [-0.15, -0.1) is 11.3 Å². The van der Waals surface area contributed by atoms with E-state index in [4.69, 9.17) is 11.6 Å². The number of fused-ring (bicyclic) bond motifs is 1. The molecule has 5 rings (SSSR count). The number of carbonyl (C=O) groups excluding carboxylic acids is 2. The lowest BCUT2D eigenvalue weighted by atomic mass is 9.81. The predicted octanol–water partition coefficient (Wildman–Crippen LogP) is 4.66. The Balaban J connectivity index is 1.43. The first-order valence-electron chi connectivity index (χ1n) is 10.7. The minimum Gasteiger partial charge on any atom is -0.368 e. The summed E-state index contributed by atoms with van der Waals surface area (Å²) in [4.78, 5) is 34.0. The quantitative estimate of drug-likeness (QED) is 0.565. The minimum absolute atomic E-state index is 0.0335. The van der Waals surface area contributed by atoms with Crippen LogP contribution in [0.1, 0.15) is 32.8 Å². The van der Waals surface area contributed by atoms with E-state index in [1.54, 1.807) is 23.3 Å². The molecule has 5 nitrogen and oxygen atoms in total. The summed E-state index contributed by atoms with van der Waals surface area (Å²) in [6.45, 7) is 2.77. The van der Waals surface area contributed by atoms with Crippen LogP contribution in [0, 0.1) is 0 Å². The second-order valence-corrected chi connectivity index (χ2v) is 9.65. The average molecular weight is 466 g/mol. The van der Waals surface area contributed by atoms with Crippen LogP contribution in [0.15, 0.2) is 66.0 Å². The standard InChI is InChI=1S/C25H24ClN3O2S/c1-27-23(21-10-5-15-32-21)22(19-8-2-3-9-20(19)24(27)30)25(31)29-13-11-28(12-14-29)18-7-4-6-17(26)16-18/h2-10,15-16,22-23H,11-14H2,1H3. The smallest absolute Gasteiger partial charge is 0.254 e. The Kier molecular flexibility index (Phi) is 5.66. The molecule has 1 saturated heterocycles. The van der Waals surface area contributed by atoms with Gasteiger partial charge in [-0.05, 0) is 41.3 Å². The summed E-state index contributed by atoms with van der Waals surface area (Å²) in [5.74, 6) is -0.361. The zero-order valence-electron chi connectivity index (χ0n) is 17.8. The molecule has 2 aliphatic rings. The van der Waals surface area contributed by atoms with Crippen molar-refractivity contribution in [2.75, 3.05) is 38.1 Å². The Morgan fingerprint density at radius 1 is 1.00 bits per heavy atom. The first-order valence-corrected chi connectivity index (χ1v) is 12.0. The Morgan fingerprint density at radius 3 is 2.50 bits per heavy atom. The van der Waals surface area contributed by atoms with E-state index in [-0.39, 0.29) is 17.9 Å². The summed E-state index contributed by atoms with van der Waals surface area (Å²) < 4.78 is 0. The van der Waals surface area contributed by atoms with E-state index in [0.29, 0.717) is 23.7 Å². The number of anilines is 1. The Morgan fingerprint density at radius 2 is 1.78 bits per heavy atom. The molecule has 7 heteroatoms. The molecule has 2 aliphatic heterocycles. The molecule has 0 bridgehead atoms. The number of hydrogen-bond acceptors (Lipinski definition) is 4. The number of piperazine rings is 1. The molecule has 0 spiro atoms. The molecule has 2 amide bonds. The molecule has 3 aromatic rings. The van der Waals surface area contributed by atoms with E-state index in [1.807, 2.05) is 70.9 Å². The van der Waals surface area contributed by atoms with Crippen LogP contribution in [-0.4, -0.2) is 54.8 Å². The van der Waals surface area contributed by atoms with Gasteiger partial charge in [0.15, 0.2) is 0 Å². The topological polar surface area (TPSA) is 43.9 Å². The lowest BCUT2D eigenvalue weighted by Crippen LogP contribution is -2.53. The van der Waals surface area contributed by atoms with E-state index >= 15 is 0 Å². The average Bonchev–Trinajstić information content (AvgIpc) is 3.35. The highest BCUT2D eigenvalue weighted by Crippen LogP contribution is 2.44. The molecular formula is C25H24ClN3O2S. The van der Waals surface area contributed by atoms with Crippen molar-refractivity contribution < 1.29 is 9.59 Å². The summed E-state index contributed by atoms with van der Waals surface area (Å²) in [6, 6.07) is 19.1. The molecule has 1 aromatic heterocycles. The fourth-order valence-electron chi connectivity index (χ4n) is 4.81. The summed E-state index contributed by atoms with van der Waals surface area (Å²) in [7, 11) is 1.81. The maximum atomic E-state index is 13.9. The number of likely N-dealkylation sites (N-methyl/N-ethyl adjacent to an activating group) is 1. The van der Waals surface area contributed by atoms with Gasteiger partial charge in [0.25, 0.3) is 5.91 Å². The Bertz CT molecular complexity index is 1140. The summed E-state index contributed by atoms with van der Waals surface area (Å²) >= 11 is 7.75. The van der Waals surface area contributed by atoms with E-state index in [0.717, 1.165) is 29.2 Å². The van der Waals surface area contributed by atoms with Gasteiger partial charge in [0, 0.05) is 54.4 Å². The first kappa shape index (κ1) is 21.0. The second-order valence-electron chi connectivity index (χ2n) is 8.23. The van der Waals surface area contributed by atoms with Crippen LogP contribution in [0.3, 0.4) is 0 Å². The maximum absolute atomic E-state index is 13.9. The second kappa shape index (κ2) is 8.60. The van der Waals surface area contributed by atoms with Crippen LogP contribution in [0.5, 0.6) is 0 Å². The zero-order chi connectivity index (χ0) is 22.2. The van der Waals surface area contributed by atoms with Gasteiger partial charge < -0.3 is 14.7 Å². The van der Waals surface area contributed by atoms with E-state index < -0.39 is 5.92 Å². The van der Waals surface area contributed by atoms with E-state index in [1.165, 1.54) is 0 Å². The Labute approximate surface area is 196 Å². The Hall–Kier alpha value is -2.83. The van der Waals surface area contributed by atoms with Gasteiger partial charge in [-0.2, -0.15) is 0 Å². The highest BCUT2D eigenvalue weighted by atomic mass is 35.5. The highest BCUT2D eigenvalue weighted by molar-refractivity contribution is 7.10. The van der Waals surface area contributed by atoms with Crippen molar-refractivity contribution in [1.29, 1.82) is 0 Å². The third-order valence-electron chi connectivity index (χ3n) is 6.45. The van der Waals surface area contributed by atoms with Gasteiger partial charge in [-0.3, -0.25) is 9.59 Å². The van der Waals surface area contributed by atoms with Gasteiger partial charge in [0.1, 0.15) is 0 Å². The lowest BCUT2D eigenvalue weighted by Gasteiger charge is -2.43. The molecule has 0 N–H and O–H groups in total. The lowest BCUT2D eigenvalue weighted by molar-refractivity contribution is -0.134. The van der Waals surface area contributed by atoms with Crippen LogP contribution < -0.4 is 4.90 Å². The number of halogens is 1. The van der Waals surface area contributed by atoms with Crippen molar-refractivity contribution in [2.45, 2.75) is 12.0 Å². The first-order chi connectivity index (χ1) is 15.5. The van der Waals surface area contributed by atoms with Gasteiger partial charge in [-0.25, -0.2) is 0 Å². The molecule has 32 heavy (non-hydrogen) atoms. The van der Waals surface area contributed by atoms with E-state index in [9.17, 15) is 9.59 Å². The largest absolute Gasteiger partial charge is 0.368 e. The number of nitrogens with zero attached hydrogens (tertiary/aromatic N) is 3. The fourth-order valence-corrected chi connectivity index (χ4v) is 5.90. The van der Waals surface area contributed by atoms with Crippen molar-refractivity contribution in [1.82, 2.24) is 9.80 Å². The summed E-state index contributed by atoms with van der Waals surface area (Å²) in [5, 5.41) is 2.71. The van der Waals surface area contributed by atoms with Gasteiger partial charge in [-0.1, -0.05) is 41.9 Å². The molecule has 1 fully saturated rings. The normalized spacial score (nSPS) is 20.9. The SMILES string of the molecule is CN1C(=O)c2ccccc2C(C(=O)N2CCN(c3cccc(Cl)c3)CC2)C1c1cccs1. The number of hydrogen-bond donors (Lipinski definition) is 0. The van der Waals surface area contributed by atoms with Gasteiger partial charge in [0.2, 0.25) is 5.91 Å². The van der Waals surface area contributed by atoms with Crippen molar-refractivity contribution in [3.05, 3.63) is 87.1 Å². The number of thiophene rings is 1. The summed E-state index contributed by atoms with van der Waals surface area (Å²) in [6.07, 6.45) is 0. The highest BCUT2D eigenvalue weighted by Gasteiger charge is 2.44. The molecule has 0 radical (unpaired) electrons. The van der Waals surface area contributed by atoms with Gasteiger partial charge in [0.05, 0.1) is 12.0 Å². The van der Waals surface area contributed by atoms with Crippen LogP contribution in [-0.2, 0) is 4.79 Å². The van der Waals surface area contributed by atoms with Crippen molar-refractivity contribution in [2.24, 2.45) is 0 Å².